The summed E-state index contributed by atoms with van der Waals surface area (Å²) in [5, 5.41) is 12.5. The summed E-state index contributed by atoms with van der Waals surface area (Å²) >= 11 is 1.64. The third kappa shape index (κ3) is 2.49. The topological polar surface area (TPSA) is 101 Å². The number of aromatic nitrogens is 8. The smallest absolute Gasteiger partial charge is 0.181 e. The molecule has 0 spiro atoms. The Bertz CT molecular complexity index is 1520. The Kier molecular flexibility index (Phi) is 3.59. The second kappa shape index (κ2) is 6.33. The maximum Gasteiger partial charge on any atom is 0.181 e. The van der Waals surface area contributed by atoms with Crippen LogP contribution >= 0.6 is 11.3 Å². The number of rotatable bonds is 3. The fourth-order valence-electron chi connectivity index (χ4n) is 3.65. The minimum absolute atomic E-state index is 0.643. The highest BCUT2D eigenvalue weighted by molar-refractivity contribution is 7.08. The van der Waals surface area contributed by atoms with Crippen LogP contribution in [0.1, 0.15) is 5.82 Å². The van der Waals surface area contributed by atoms with Crippen molar-refractivity contribution >= 4 is 33.4 Å². The van der Waals surface area contributed by atoms with Gasteiger partial charge in [-0.3, -0.25) is 10.1 Å². The Morgan fingerprint density at radius 1 is 1.07 bits per heavy atom. The van der Waals surface area contributed by atoms with Gasteiger partial charge >= 0.3 is 0 Å². The highest BCUT2D eigenvalue weighted by Crippen LogP contribution is 2.32. The minimum Gasteiger partial charge on any atom is -0.337 e. The molecule has 0 aromatic carbocycles. The van der Waals surface area contributed by atoms with E-state index in [1.165, 1.54) is 0 Å². The maximum atomic E-state index is 4.86. The fraction of sp³-hybridized carbons (Fsp3) is 0.0952. The quantitative estimate of drug-likeness (QED) is 0.450. The number of thiophene rings is 1. The van der Waals surface area contributed by atoms with Crippen molar-refractivity contribution < 1.29 is 0 Å². The van der Waals surface area contributed by atoms with E-state index in [9.17, 15) is 0 Å². The van der Waals surface area contributed by atoms with Crippen molar-refractivity contribution in [1.82, 2.24) is 39.7 Å². The molecular weight excluding hydrogens is 396 g/mol. The molecule has 0 saturated carbocycles. The second-order valence-electron chi connectivity index (χ2n) is 7.10. The van der Waals surface area contributed by atoms with Crippen molar-refractivity contribution in [3.05, 3.63) is 53.4 Å². The number of pyridine rings is 2. The van der Waals surface area contributed by atoms with E-state index in [4.69, 9.17) is 4.98 Å². The van der Waals surface area contributed by atoms with E-state index in [2.05, 4.69) is 47.6 Å². The van der Waals surface area contributed by atoms with Gasteiger partial charge in [-0.05, 0) is 30.5 Å². The van der Waals surface area contributed by atoms with Gasteiger partial charge in [0.25, 0.3) is 0 Å². The van der Waals surface area contributed by atoms with Gasteiger partial charge in [0, 0.05) is 35.9 Å². The number of nitrogens with one attached hydrogen (secondary N) is 2. The molecule has 0 aliphatic rings. The summed E-state index contributed by atoms with van der Waals surface area (Å²) in [6.07, 6.45) is 5.48. The average Bonchev–Trinajstić information content (AvgIpc) is 3.54. The third-order valence-corrected chi connectivity index (χ3v) is 6.04. The van der Waals surface area contributed by atoms with E-state index in [-0.39, 0.29) is 0 Å². The molecule has 146 valence electrons. The van der Waals surface area contributed by atoms with Crippen LogP contribution in [0.2, 0.25) is 0 Å². The lowest BCUT2D eigenvalue weighted by atomic mass is 10.1. The Hall–Kier alpha value is -3.85. The highest BCUT2D eigenvalue weighted by atomic mass is 32.1. The van der Waals surface area contributed by atoms with Crippen LogP contribution in [0, 0.1) is 6.92 Å². The molecule has 6 rings (SSSR count). The molecule has 0 aliphatic carbocycles. The first-order valence-electron chi connectivity index (χ1n) is 9.39. The molecular formula is C21H16N8S. The highest BCUT2D eigenvalue weighted by Gasteiger charge is 2.17. The van der Waals surface area contributed by atoms with Gasteiger partial charge in [-0.15, -0.1) is 0 Å². The minimum atomic E-state index is 0.643. The van der Waals surface area contributed by atoms with Crippen molar-refractivity contribution in [2.45, 2.75) is 6.92 Å². The summed E-state index contributed by atoms with van der Waals surface area (Å²) in [6.45, 7) is 1.98. The van der Waals surface area contributed by atoms with E-state index in [1.807, 2.05) is 42.4 Å². The number of aromatic amines is 2. The molecule has 0 saturated heterocycles. The van der Waals surface area contributed by atoms with Crippen LogP contribution in [-0.2, 0) is 7.05 Å². The van der Waals surface area contributed by atoms with E-state index in [0.717, 1.165) is 50.5 Å². The van der Waals surface area contributed by atoms with Crippen LogP contribution in [0.25, 0.3) is 56.1 Å². The van der Waals surface area contributed by atoms with Crippen LogP contribution in [0.4, 0.5) is 0 Å². The molecule has 0 atom stereocenters. The summed E-state index contributed by atoms with van der Waals surface area (Å²) in [4.78, 5) is 21.7. The zero-order valence-electron chi connectivity index (χ0n) is 16.2. The van der Waals surface area contributed by atoms with Gasteiger partial charge < -0.3 is 9.55 Å². The number of H-pyrrole nitrogens is 2. The Morgan fingerprint density at radius 3 is 2.80 bits per heavy atom. The van der Waals surface area contributed by atoms with Gasteiger partial charge in [0.1, 0.15) is 17.0 Å². The molecule has 0 aliphatic heterocycles. The first kappa shape index (κ1) is 17.0. The van der Waals surface area contributed by atoms with Crippen LogP contribution in [-0.4, -0.2) is 39.7 Å². The Morgan fingerprint density at radius 2 is 2.00 bits per heavy atom. The number of hydrogen-bond donors (Lipinski definition) is 2. The van der Waals surface area contributed by atoms with Gasteiger partial charge in [0.2, 0.25) is 0 Å². The number of fused-ring (bicyclic) bond motifs is 2. The van der Waals surface area contributed by atoms with E-state index >= 15 is 0 Å². The van der Waals surface area contributed by atoms with Crippen molar-refractivity contribution in [3.8, 4) is 34.0 Å². The van der Waals surface area contributed by atoms with Crippen molar-refractivity contribution in [2.75, 3.05) is 0 Å². The van der Waals surface area contributed by atoms with Gasteiger partial charge in [-0.2, -0.15) is 16.4 Å². The average molecular weight is 412 g/mol. The summed E-state index contributed by atoms with van der Waals surface area (Å²) in [5.74, 6) is 1.65. The first-order chi connectivity index (χ1) is 14.7. The molecule has 8 nitrogen and oxygen atoms in total. The Balaban J connectivity index is 1.53. The molecule has 2 N–H and O–H groups in total. The van der Waals surface area contributed by atoms with Crippen molar-refractivity contribution in [3.63, 3.8) is 0 Å². The monoisotopic (exact) mass is 412 g/mol. The molecule has 0 amide bonds. The zero-order valence-corrected chi connectivity index (χ0v) is 17.0. The third-order valence-electron chi connectivity index (χ3n) is 5.36. The van der Waals surface area contributed by atoms with Gasteiger partial charge in [0.15, 0.2) is 11.5 Å². The lowest BCUT2D eigenvalue weighted by Crippen LogP contribution is -1.94. The predicted octanol–water partition coefficient (Wildman–Crippen LogP) is 4.33. The SMILES string of the molecule is Cc1ncc(-c2cnc3n[nH]c(-c4nc5c(-c6ccsc6)nccc5[nH]4)c3c2)n1C. The zero-order chi connectivity index (χ0) is 20.2. The summed E-state index contributed by atoms with van der Waals surface area (Å²) < 4.78 is 2.04. The van der Waals surface area contributed by atoms with Crippen molar-refractivity contribution in [2.24, 2.45) is 7.05 Å². The first-order valence-corrected chi connectivity index (χ1v) is 10.3. The lowest BCUT2D eigenvalue weighted by Gasteiger charge is -2.03. The second-order valence-corrected chi connectivity index (χ2v) is 7.88. The van der Waals surface area contributed by atoms with E-state index in [1.54, 1.807) is 17.5 Å². The van der Waals surface area contributed by atoms with Gasteiger partial charge in [-0.1, -0.05) is 0 Å². The van der Waals surface area contributed by atoms with Crippen LogP contribution in [0.5, 0.6) is 0 Å². The number of hydrogen-bond acceptors (Lipinski definition) is 6. The number of imidazole rings is 2. The molecule has 9 heteroatoms. The normalized spacial score (nSPS) is 11.7. The number of aryl methyl sites for hydroxylation is 1. The van der Waals surface area contributed by atoms with Crippen LogP contribution in [0.15, 0.2) is 47.5 Å². The molecule has 0 unspecified atom stereocenters. The molecule has 6 aromatic heterocycles. The molecule has 0 radical (unpaired) electrons. The van der Waals surface area contributed by atoms with Crippen molar-refractivity contribution in [1.29, 1.82) is 0 Å². The standard InChI is InChI=1S/C21H16N8S/c1-11-23-9-16(29(11)2)13-7-14-18(27-28-20(14)24-8-13)21-25-15-3-5-22-17(19(15)26-21)12-4-6-30-10-12/h3-10H,1-2H3,(H,25,26)(H,24,27,28). The number of nitrogens with zero attached hydrogens (tertiary/aromatic N) is 6. The predicted molar refractivity (Wildman–Crippen MR) is 117 cm³/mol. The Labute approximate surface area is 174 Å². The molecule has 0 fully saturated rings. The maximum absolute atomic E-state index is 4.86. The van der Waals surface area contributed by atoms with Gasteiger partial charge in [0.05, 0.1) is 28.5 Å². The van der Waals surface area contributed by atoms with Crippen LogP contribution in [0.3, 0.4) is 0 Å². The largest absolute Gasteiger partial charge is 0.337 e. The molecule has 30 heavy (non-hydrogen) atoms. The molecule has 6 heterocycles. The summed E-state index contributed by atoms with van der Waals surface area (Å²) in [6, 6.07) is 6.06. The van der Waals surface area contributed by atoms with Crippen LogP contribution < -0.4 is 0 Å². The summed E-state index contributed by atoms with van der Waals surface area (Å²) in [5.41, 5.74) is 7.11. The summed E-state index contributed by atoms with van der Waals surface area (Å²) in [7, 11) is 2.00. The van der Waals surface area contributed by atoms with Gasteiger partial charge in [-0.25, -0.2) is 15.0 Å². The lowest BCUT2D eigenvalue weighted by molar-refractivity contribution is 0.865. The fourth-order valence-corrected chi connectivity index (χ4v) is 4.30. The van der Waals surface area contributed by atoms with E-state index in [0.29, 0.717) is 11.5 Å². The molecule has 0 bridgehead atoms. The molecule has 6 aromatic rings. The van der Waals surface area contributed by atoms with E-state index < -0.39 is 0 Å².